The molecule has 0 aliphatic heterocycles. The third-order valence-electron chi connectivity index (χ3n) is 3.03. The molecule has 1 unspecified atom stereocenters. The van der Waals surface area contributed by atoms with Crippen LogP contribution in [0.25, 0.3) is 0 Å². The molecule has 0 saturated heterocycles. The van der Waals surface area contributed by atoms with Gasteiger partial charge in [-0.2, -0.15) is 0 Å². The van der Waals surface area contributed by atoms with Gasteiger partial charge in [-0.1, -0.05) is 30.3 Å². The number of hydrogen-bond acceptors (Lipinski definition) is 2. The van der Waals surface area contributed by atoms with Crippen LogP contribution in [0.2, 0.25) is 0 Å². The summed E-state index contributed by atoms with van der Waals surface area (Å²) in [5.41, 5.74) is 1.39. The number of nitrogens with zero attached hydrogens (tertiary/aromatic N) is 1. The van der Waals surface area contributed by atoms with E-state index in [1.165, 1.54) is 10.6 Å². The fraction of sp³-hybridized carbons (Fsp3) is 0.200. The molecular formula is C15H15NO3. The molecule has 0 fully saturated rings. The monoisotopic (exact) mass is 257 g/mol. The lowest BCUT2D eigenvalue weighted by atomic mass is 9.99. The molecule has 0 saturated carbocycles. The minimum Gasteiger partial charge on any atom is -0.481 e. The fourth-order valence-corrected chi connectivity index (χ4v) is 1.97. The van der Waals surface area contributed by atoms with Gasteiger partial charge >= 0.3 is 5.97 Å². The first-order valence-electron chi connectivity index (χ1n) is 6.03. The molecule has 2 rings (SSSR count). The topological polar surface area (TPSA) is 59.3 Å². The summed E-state index contributed by atoms with van der Waals surface area (Å²) in [4.78, 5) is 23.2. The second kappa shape index (κ2) is 5.52. The highest BCUT2D eigenvalue weighted by molar-refractivity contribution is 5.75. The predicted molar refractivity (Wildman–Crippen MR) is 72.3 cm³/mol. The molecule has 1 heterocycles. The Morgan fingerprint density at radius 2 is 1.95 bits per heavy atom. The average molecular weight is 257 g/mol. The summed E-state index contributed by atoms with van der Waals surface area (Å²) in [5.74, 6) is -1.65. The van der Waals surface area contributed by atoms with Crippen molar-refractivity contribution in [1.82, 2.24) is 4.57 Å². The number of carboxylic acid groups (broad SMARTS) is 1. The van der Waals surface area contributed by atoms with E-state index >= 15 is 0 Å². The lowest BCUT2D eigenvalue weighted by Gasteiger charge is -2.14. The van der Waals surface area contributed by atoms with Gasteiger partial charge in [0.25, 0.3) is 5.56 Å². The van der Waals surface area contributed by atoms with Crippen molar-refractivity contribution in [2.45, 2.75) is 19.4 Å². The first kappa shape index (κ1) is 13.1. The highest BCUT2D eigenvalue weighted by Gasteiger charge is 2.20. The van der Waals surface area contributed by atoms with Gasteiger partial charge in [-0.05, 0) is 24.1 Å². The highest BCUT2D eigenvalue weighted by Crippen LogP contribution is 2.17. The van der Waals surface area contributed by atoms with Crippen LogP contribution in [0.4, 0.5) is 0 Å². The molecule has 0 radical (unpaired) electrons. The predicted octanol–water partition coefficient (Wildman–Crippen LogP) is 2.03. The average Bonchev–Trinajstić information content (AvgIpc) is 2.38. The minimum absolute atomic E-state index is 0.137. The van der Waals surface area contributed by atoms with Crippen LogP contribution in [0.15, 0.2) is 53.5 Å². The Morgan fingerprint density at radius 3 is 2.53 bits per heavy atom. The highest BCUT2D eigenvalue weighted by atomic mass is 16.4. The van der Waals surface area contributed by atoms with Gasteiger partial charge in [0.1, 0.15) is 0 Å². The third kappa shape index (κ3) is 3.10. The second-order valence-electron chi connectivity index (χ2n) is 4.50. The van der Waals surface area contributed by atoms with Crippen molar-refractivity contribution in [2.75, 3.05) is 0 Å². The van der Waals surface area contributed by atoms with Crippen molar-refractivity contribution in [1.29, 1.82) is 0 Å². The lowest BCUT2D eigenvalue weighted by Crippen LogP contribution is -2.26. The largest absolute Gasteiger partial charge is 0.481 e. The zero-order valence-electron chi connectivity index (χ0n) is 10.6. The van der Waals surface area contributed by atoms with Crippen molar-refractivity contribution >= 4 is 5.97 Å². The molecule has 0 aliphatic rings. The van der Waals surface area contributed by atoms with Crippen LogP contribution in [0.5, 0.6) is 0 Å². The van der Waals surface area contributed by atoms with E-state index in [0.717, 1.165) is 5.56 Å². The number of aromatic nitrogens is 1. The summed E-state index contributed by atoms with van der Waals surface area (Å²) in [7, 11) is 0. The molecule has 1 atom stereocenters. The molecule has 2 aromatic rings. The molecule has 1 aromatic heterocycles. The third-order valence-corrected chi connectivity index (χ3v) is 3.03. The van der Waals surface area contributed by atoms with Crippen molar-refractivity contribution in [3.8, 4) is 0 Å². The van der Waals surface area contributed by atoms with Gasteiger partial charge in [-0.3, -0.25) is 9.59 Å². The maximum atomic E-state index is 11.8. The molecule has 0 amide bonds. The van der Waals surface area contributed by atoms with Crippen LogP contribution in [0.3, 0.4) is 0 Å². The van der Waals surface area contributed by atoms with E-state index < -0.39 is 11.9 Å². The minimum atomic E-state index is -0.932. The Balaban J connectivity index is 2.32. The van der Waals surface area contributed by atoms with Crippen molar-refractivity contribution in [2.24, 2.45) is 0 Å². The molecule has 98 valence electrons. The first-order chi connectivity index (χ1) is 9.08. The maximum Gasteiger partial charge on any atom is 0.312 e. The van der Waals surface area contributed by atoms with Crippen LogP contribution >= 0.6 is 0 Å². The number of carbonyl (C=O) groups is 1. The normalized spacial score (nSPS) is 12.1. The molecule has 1 N–H and O–H groups in total. The number of pyridine rings is 1. The number of aliphatic carboxylic acids is 1. The molecule has 4 heteroatoms. The van der Waals surface area contributed by atoms with Crippen LogP contribution in [-0.2, 0) is 11.3 Å². The molecule has 1 aromatic carbocycles. The van der Waals surface area contributed by atoms with Gasteiger partial charge < -0.3 is 9.67 Å². The van der Waals surface area contributed by atoms with Crippen molar-refractivity contribution in [3.05, 3.63) is 70.1 Å². The summed E-state index contributed by atoms with van der Waals surface area (Å²) in [6.45, 7) is 1.97. The van der Waals surface area contributed by atoms with Crippen LogP contribution < -0.4 is 5.56 Å². The van der Waals surface area contributed by atoms with Gasteiger partial charge in [0.05, 0.1) is 5.92 Å². The number of rotatable bonds is 4. The standard InChI is InChI=1S/C15H15NO3/c1-11-7-8-16(14(17)9-11)10-13(15(18)19)12-5-3-2-4-6-12/h2-9,13H,10H2,1H3,(H,18,19). The molecule has 0 aliphatic carbocycles. The quantitative estimate of drug-likeness (QED) is 0.911. The van der Waals surface area contributed by atoms with Crippen molar-refractivity contribution in [3.63, 3.8) is 0 Å². The van der Waals surface area contributed by atoms with Gasteiger partial charge in [0.15, 0.2) is 0 Å². The second-order valence-corrected chi connectivity index (χ2v) is 4.50. The smallest absolute Gasteiger partial charge is 0.312 e. The number of benzene rings is 1. The van der Waals surface area contributed by atoms with Crippen LogP contribution in [0.1, 0.15) is 17.0 Å². The SMILES string of the molecule is Cc1ccn(CC(C(=O)O)c2ccccc2)c(=O)c1. The summed E-state index contributed by atoms with van der Waals surface area (Å²) in [6.07, 6.45) is 1.64. The Kier molecular flexibility index (Phi) is 3.80. The zero-order valence-corrected chi connectivity index (χ0v) is 10.6. The molecule has 0 spiro atoms. The maximum absolute atomic E-state index is 11.8. The summed E-state index contributed by atoms with van der Waals surface area (Å²) >= 11 is 0. The van der Waals surface area contributed by atoms with Crippen molar-refractivity contribution < 1.29 is 9.90 Å². The van der Waals surface area contributed by atoms with Gasteiger partial charge in [0.2, 0.25) is 0 Å². The van der Waals surface area contributed by atoms with E-state index in [4.69, 9.17) is 0 Å². The Bertz CT molecular complexity index is 631. The van der Waals surface area contributed by atoms with Gasteiger partial charge in [-0.15, -0.1) is 0 Å². The van der Waals surface area contributed by atoms with E-state index in [1.807, 2.05) is 13.0 Å². The molecular weight excluding hydrogens is 242 g/mol. The Hall–Kier alpha value is -2.36. The number of carboxylic acids is 1. The van der Waals surface area contributed by atoms with E-state index in [1.54, 1.807) is 36.5 Å². The number of aryl methyl sites for hydroxylation is 1. The van der Waals surface area contributed by atoms with E-state index in [-0.39, 0.29) is 12.1 Å². The lowest BCUT2D eigenvalue weighted by molar-refractivity contribution is -0.139. The first-order valence-corrected chi connectivity index (χ1v) is 6.03. The fourth-order valence-electron chi connectivity index (χ4n) is 1.97. The van der Waals surface area contributed by atoms with E-state index in [2.05, 4.69) is 0 Å². The molecule has 4 nitrogen and oxygen atoms in total. The van der Waals surface area contributed by atoms with E-state index in [0.29, 0.717) is 5.56 Å². The summed E-state index contributed by atoms with van der Waals surface area (Å²) in [5, 5.41) is 9.32. The van der Waals surface area contributed by atoms with Crippen LogP contribution in [0, 0.1) is 6.92 Å². The summed E-state index contributed by atoms with van der Waals surface area (Å²) < 4.78 is 1.43. The van der Waals surface area contributed by atoms with Crippen LogP contribution in [-0.4, -0.2) is 15.6 Å². The van der Waals surface area contributed by atoms with Gasteiger partial charge in [0, 0.05) is 18.8 Å². The molecule has 19 heavy (non-hydrogen) atoms. The Labute approximate surface area is 110 Å². The summed E-state index contributed by atoms with van der Waals surface area (Å²) in [6, 6.07) is 12.2. The zero-order chi connectivity index (χ0) is 13.8. The van der Waals surface area contributed by atoms with Gasteiger partial charge in [-0.25, -0.2) is 0 Å². The molecule has 0 bridgehead atoms. The Morgan fingerprint density at radius 1 is 1.26 bits per heavy atom. The number of hydrogen-bond donors (Lipinski definition) is 1. The van der Waals surface area contributed by atoms with E-state index in [9.17, 15) is 14.7 Å².